The second kappa shape index (κ2) is 6.47. The normalized spacial score (nSPS) is 31.4. The fourth-order valence-corrected chi connectivity index (χ4v) is 4.64. The Morgan fingerprint density at radius 3 is 2.72 bits per heavy atom. The van der Waals surface area contributed by atoms with Gasteiger partial charge in [0.2, 0.25) is 6.79 Å². The molecular weight excluding hydrogens is 378 g/mol. The van der Waals surface area contributed by atoms with E-state index >= 15 is 0 Å². The van der Waals surface area contributed by atoms with E-state index in [2.05, 4.69) is 0 Å². The summed E-state index contributed by atoms with van der Waals surface area (Å²) < 4.78 is 29.1. The van der Waals surface area contributed by atoms with Gasteiger partial charge in [0.1, 0.15) is 18.3 Å². The third kappa shape index (κ3) is 3.07. The van der Waals surface area contributed by atoms with Crippen molar-refractivity contribution >= 4 is 17.6 Å². The lowest BCUT2D eigenvalue weighted by Gasteiger charge is -2.43. The van der Waals surface area contributed by atoms with Gasteiger partial charge in [0.05, 0.1) is 11.7 Å². The minimum atomic E-state index is -0.808. The van der Waals surface area contributed by atoms with E-state index < -0.39 is 11.9 Å². The van der Waals surface area contributed by atoms with E-state index in [1.54, 1.807) is 11.0 Å². The van der Waals surface area contributed by atoms with E-state index in [0.29, 0.717) is 30.0 Å². The van der Waals surface area contributed by atoms with Gasteiger partial charge in [0.25, 0.3) is 5.91 Å². The standard InChI is InChI=1S/C21H23NO7/c1-11(23)27-12-5-4-6-18(24)22-14-9-17-16(25-10-26-17)8-13(14)19-20(15(22)7-12)29-21(2,3)28-19/h4,6,8-9,12,15,19-20H,5,7,10H2,1-3H3/t12-,15+,19+,20+/m1/s1. The van der Waals surface area contributed by atoms with Gasteiger partial charge in [-0.3, -0.25) is 9.59 Å². The summed E-state index contributed by atoms with van der Waals surface area (Å²) in [6.07, 6.45) is 3.08. The average molecular weight is 401 g/mol. The first-order valence-corrected chi connectivity index (χ1v) is 9.78. The second-order valence-electron chi connectivity index (χ2n) is 8.17. The van der Waals surface area contributed by atoms with E-state index in [-0.39, 0.29) is 36.9 Å². The van der Waals surface area contributed by atoms with Crippen LogP contribution in [0, 0.1) is 0 Å². The zero-order chi connectivity index (χ0) is 20.3. The molecule has 8 heteroatoms. The first-order chi connectivity index (χ1) is 13.8. The Labute approximate surface area is 168 Å². The van der Waals surface area contributed by atoms with Crippen LogP contribution < -0.4 is 14.4 Å². The Hall–Kier alpha value is -2.58. The van der Waals surface area contributed by atoms with Crippen LogP contribution in [0.3, 0.4) is 0 Å². The van der Waals surface area contributed by atoms with Gasteiger partial charge in [-0.2, -0.15) is 0 Å². The van der Waals surface area contributed by atoms with Crippen molar-refractivity contribution in [3.05, 3.63) is 29.8 Å². The van der Waals surface area contributed by atoms with Gasteiger partial charge in [-0.25, -0.2) is 0 Å². The maximum absolute atomic E-state index is 13.1. The number of benzene rings is 1. The molecule has 0 spiro atoms. The highest BCUT2D eigenvalue weighted by Crippen LogP contribution is 2.52. The van der Waals surface area contributed by atoms with E-state index in [0.717, 1.165) is 5.56 Å². The number of carbonyl (C=O) groups is 2. The molecule has 1 amide bonds. The summed E-state index contributed by atoms with van der Waals surface area (Å²) in [6, 6.07) is 3.34. The molecule has 0 bridgehead atoms. The molecule has 1 aromatic carbocycles. The molecule has 5 rings (SSSR count). The van der Waals surface area contributed by atoms with E-state index in [4.69, 9.17) is 23.7 Å². The van der Waals surface area contributed by atoms with Crippen LogP contribution in [0.25, 0.3) is 0 Å². The van der Waals surface area contributed by atoms with Crippen LogP contribution in [-0.4, -0.2) is 42.7 Å². The van der Waals surface area contributed by atoms with Crippen molar-refractivity contribution in [2.75, 3.05) is 11.7 Å². The smallest absolute Gasteiger partial charge is 0.302 e. The number of esters is 1. The lowest BCUT2D eigenvalue weighted by molar-refractivity contribution is -0.152. The van der Waals surface area contributed by atoms with Crippen LogP contribution in [0.2, 0.25) is 0 Å². The maximum Gasteiger partial charge on any atom is 0.302 e. The monoisotopic (exact) mass is 401 g/mol. The van der Waals surface area contributed by atoms with Gasteiger partial charge in [-0.1, -0.05) is 6.08 Å². The minimum absolute atomic E-state index is 0.140. The Morgan fingerprint density at radius 1 is 1.21 bits per heavy atom. The molecule has 1 saturated heterocycles. The number of carbonyl (C=O) groups excluding carboxylic acids is 2. The van der Waals surface area contributed by atoms with Gasteiger partial charge in [-0.05, 0) is 26.0 Å². The van der Waals surface area contributed by atoms with E-state index in [1.165, 1.54) is 13.0 Å². The van der Waals surface area contributed by atoms with Gasteiger partial charge in [0.15, 0.2) is 17.3 Å². The molecule has 8 nitrogen and oxygen atoms in total. The van der Waals surface area contributed by atoms with Crippen molar-refractivity contribution in [3.63, 3.8) is 0 Å². The number of rotatable bonds is 1. The van der Waals surface area contributed by atoms with Crippen molar-refractivity contribution in [2.24, 2.45) is 0 Å². The third-order valence-corrected chi connectivity index (χ3v) is 5.66. The summed E-state index contributed by atoms with van der Waals surface area (Å²) >= 11 is 0. The van der Waals surface area contributed by atoms with Crippen LogP contribution in [0.5, 0.6) is 11.5 Å². The van der Waals surface area contributed by atoms with E-state index in [1.807, 2.05) is 26.0 Å². The molecule has 154 valence electrons. The lowest BCUT2D eigenvalue weighted by Crippen LogP contribution is -2.54. The fraction of sp³-hybridized carbons (Fsp3) is 0.524. The number of amides is 1. The molecule has 29 heavy (non-hydrogen) atoms. The number of hydrogen-bond donors (Lipinski definition) is 0. The zero-order valence-corrected chi connectivity index (χ0v) is 16.5. The first kappa shape index (κ1) is 18.4. The predicted molar refractivity (Wildman–Crippen MR) is 101 cm³/mol. The molecule has 4 aliphatic rings. The molecule has 4 atom stereocenters. The number of ether oxygens (including phenoxy) is 5. The molecule has 0 aliphatic carbocycles. The number of hydrogen-bond acceptors (Lipinski definition) is 7. The average Bonchev–Trinajstić information content (AvgIpc) is 3.20. The molecule has 0 aromatic heterocycles. The van der Waals surface area contributed by atoms with Crippen LogP contribution >= 0.6 is 0 Å². The molecule has 0 N–H and O–H groups in total. The van der Waals surface area contributed by atoms with Crippen LogP contribution in [0.1, 0.15) is 45.3 Å². The molecule has 4 heterocycles. The first-order valence-electron chi connectivity index (χ1n) is 9.78. The van der Waals surface area contributed by atoms with Crippen LogP contribution in [0.4, 0.5) is 5.69 Å². The largest absolute Gasteiger partial charge is 0.462 e. The van der Waals surface area contributed by atoms with E-state index in [9.17, 15) is 9.59 Å². The maximum atomic E-state index is 13.1. The van der Waals surface area contributed by atoms with Crippen LogP contribution in [0.15, 0.2) is 24.3 Å². The molecule has 1 fully saturated rings. The van der Waals surface area contributed by atoms with Crippen molar-refractivity contribution in [3.8, 4) is 11.5 Å². The second-order valence-corrected chi connectivity index (χ2v) is 8.17. The summed E-state index contributed by atoms with van der Waals surface area (Å²) in [5.41, 5.74) is 1.53. The Morgan fingerprint density at radius 2 is 1.97 bits per heavy atom. The van der Waals surface area contributed by atoms with Gasteiger partial charge >= 0.3 is 5.97 Å². The minimum Gasteiger partial charge on any atom is -0.462 e. The van der Waals surface area contributed by atoms with Gasteiger partial charge in [-0.15, -0.1) is 0 Å². The number of fused-ring (bicyclic) bond motifs is 7. The predicted octanol–water partition coefficient (Wildman–Crippen LogP) is 2.60. The van der Waals surface area contributed by atoms with Crippen molar-refractivity contribution < 1.29 is 33.3 Å². The molecule has 0 saturated carbocycles. The van der Waals surface area contributed by atoms with Crippen molar-refractivity contribution in [1.82, 2.24) is 0 Å². The molecule has 0 radical (unpaired) electrons. The Bertz CT molecular complexity index is 909. The number of anilines is 1. The molecule has 0 unspecified atom stereocenters. The molecular formula is C21H23NO7. The van der Waals surface area contributed by atoms with Crippen molar-refractivity contribution in [2.45, 2.75) is 63.8 Å². The summed E-state index contributed by atoms with van der Waals surface area (Å²) in [5.74, 6) is -0.0846. The van der Waals surface area contributed by atoms with Gasteiger partial charge in [0, 0.05) is 31.4 Å². The zero-order valence-electron chi connectivity index (χ0n) is 16.5. The van der Waals surface area contributed by atoms with Crippen molar-refractivity contribution in [1.29, 1.82) is 0 Å². The quantitative estimate of drug-likeness (QED) is 0.669. The Kier molecular flexibility index (Phi) is 4.11. The lowest BCUT2D eigenvalue weighted by atomic mass is 9.86. The summed E-state index contributed by atoms with van der Waals surface area (Å²) in [7, 11) is 0. The molecule has 1 aromatic rings. The fourth-order valence-electron chi connectivity index (χ4n) is 4.64. The Balaban J connectivity index is 1.64. The summed E-state index contributed by atoms with van der Waals surface area (Å²) in [4.78, 5) is 26.4. The highest BCUT2D eigenvalue weighted by molar-refractivity contribution is 6.03. The highest BCUT2D eigenvalue weighted by atomic mass is 16.8. The topological polar surface area (TPSA) is 83.5 Å². The van der Waals surface area contributed by atoms with Crippen LogP contribution in [-0.2, 0) is 23.8 Å². The van der Waals surface area contributed by atoms with Gasteiger partial charge < -0.3 is 28.6 Å². The summed E-state index contributed by atoms with van der Waals surface area (Å²) in [5, 5.41) is 0. The SMILES string of the molecule is CC(=O)O[C@@H]1CC=CC(=O)N2c3cc4c(cc3[C@@H]3OC(C)(C)O[C@H]3[C@@H]2C1)OCO4. The number of nitrogens with zero attached hydrogens (tertiary/aromatic N) is 1. The third-order valence-electron chi connectivity index (χ3n) is 5.66. The summed E-state index contributed by atoms with van der Waals surface area (Å²) in [6.45, 7) is 5.25. The molecule has 4 aliphatic heterocycles. The highest BCUT2D eigenvalue weighted by Gasteiger charge is 2.54.